The predicted octanol–water partition coefficient (Wildman–Crippen LogP) is 0.206. The van der Waals surface area contributed by atoms with Crippen LogP contribution in [0.5, 0.6) is 0 Å². The van der Waals surface area contributed by atoms with E-state index in [1.807, 2.05) is 4.90 Å². The molecule has 0 aromatic heterocycles. The number of hydrogen-bond acceptors (Lipinski definition) is 3. The summed E-state index contributed by atoms with van der Waals surface area (Å²) in [5.41, 5.74) is 0. The van der Waals surface area contributed by atoms with E-state index >= 15 is 0 Å². The topological polar surface area (TPSA) is 43.8 Å². The molecule has 2 saturated heterocycles. The third kappa shape index (κ3) is 1.64. The third-order valence-corrected chi connectivity index (χ3v) is 4.44. The van der Waals surface area contributed by atoms with Crippen LogP contribution >= 0.6 is 0 Å². The predicted molar refractivity (Wildman–Crippen MR) is 60.0 cm³/mol. The molecule has 4 nitrogen and oxygen atoms in total. The lowest BCUT2D eigenvalue weighted by Crippen LogP contribution is -2.55. The van der Waals surface area contributed by atoms with Crippen molar-refractivity contribution in [3.8, 4) is 0 Å². The van der Waals surface area contributed by atoms with E-state index < -0.39 is 0 Å². The van der Waals surface area contributed by atoms with Gasteiger partial charge < -0.3 is 10.0 Å². The Bertz CT molecular complexity index is 295. The number of aliphatic hydroxyl groups excluding tert-OH is 1. The number of carbonyl (C=O) groups is 1. The number of hydrogen-bond donors (Lipinski definition) is 1. The van der Waals surface area contributed by atoms with Crippen LogP contribution in [0.1, 0.15) is 32.1 Å². The van der Waals surface area contributed by atoms with Crippen LogP contribution in [0.4, 0.5) is 0 Å². The first kappa shape index (κ1) is 10.5. The zero-order chi connectivity index (χ0) is 11.1. The van der Waals surface area contributed by atoms with Crippen molar-refractivity contribution in [3.63, 3.8) is 0 Å². The summed E-state index contributed by atoms with van der Waals surface area (Å²) in [6.07, 6.45) is 4.83. The smallest absolute Gasteiger partial charge is 0.222 e. The summed E-state index contributed by atoms with van der Waals surface area (Å²) in [6, 6.07) is 0.784. The van der Waals surface area contributed by atoms with Crippen LogP contribution < -0.4 is 0 Å². The molecule has 0 spiro atoms. The molecule has 90 valence electrons. The average molecular weight is 224 g/mol. The third-order valence-electron chi connectivity index (χ3n) is 4.44. The molecule has 2 aliphatic heterocycles. The van der Waals surface area contributed by atoms with E-state index in [-0.39, 0.29) is 6.10 Å². The minimum absolute atomic E-state index is 0.136. The van der Waals surface area contributed by atoms with Gasteiger partial charge in [0.25, 0.3) is 0 Å². The van der Waals surface area contributed by atoms with Gasteiger partial charge in [0.1, 0.15) is 0 Å². The molecule has 2 heterocycles. The molecular weight excluding hydrogens is 204 g/mol. The van der Waals surface area contributed by atoms with Crippen molar-refractivity contribution in [1.82, 2.24) is 9.80 Å². The van der Waals surface area contributed by atoms with Crippen molar-refractivity contribution in [1.29, 1.82) is 0 Å². The number of fused-ring (bicyclic) bond motifs is 1. The Balaban J connectivity index is 1.65. The Morgan fingerprint density at radius 3 is 2.81 bits per heavy atom. The van der Waals surface area contributed by atoms with Crippen molar-refractivity contribution in [2.45, 2.75) is 50.3 Å². The van der Waals surface area contributed by atoms with Gasteiger partial charge in [-0.25, -0.2) is 0 Å². The maximum atomic E-state index is 11.6. The molecule has 1 saturated carbocycles. The summed E-state index contributed by atoms with van der Waals surface area (Å²) >= 11 is 0. The Hall–Kier alpha value is -0.610. The zero-order valence-electron chi connectivity index (χ0n) is 9.64. The molecule has 16 heavy (non-hydrogen) atoms. The number of rotatable bonds is 1. The molecule has 0 radical (unpaired) electrons. The quantitative estimate of drug-likeness (QED) is 0.692. The molecule has 3 fully saturated rings. The highest BCUT2D eigenvalue weighted by Crippen LogP contribution is 2.29. The number of carbonyl (C=O) groups excluding carboxylic acids is 1. The molecule has 1 N–H and O–H groups in total. The normalized spacial score (nSPS) is 40.4. The molecule has 3 atom stereocenters. The van der Waals surface area contributed by atoms with Gasteiger partial charge in [0, 0.05) is 38.1 Å². The van der Waals surface area contributed by atoms with Gasteiger partial charge >= 0.3 is 0 Å². The summed E-state index contributed by atoms with van der Waals surface area (Å²) in [4.78, 5) is 16.0. The first-order valence-corrected chi connectivity index (χ1v) is 6.47. The lowest BCUT2D eigenvalue weighted by Gasteiger charge is -2.41. The lowest BCUT2D eigenvalue weighted by atomic mass is 10.1. The summed E-state index contributed by atoms with van der Waals surface area (Å²) in [7, 11) is 0. The zero-order valence-corrected chi connectivity index (χ0v) is 9.64. The molecule has 3 aliphatic rings. The monoisotopic (exact) mass is 224 g/mol. The van der Waals surface area contributed by atoms with E-state index in [0.717, 1.165) is 51.7 Å². The molecule has 4 heteroatoms. The number of amides is 1. The van der Waals surface area contributed by atoms with Gasteiger partial charge in [0.15, 0.2) is 0 Å². The fourth-order valence-electron chi connectivity index (χ4n) is 3.54. The van der Waals surface area contributed by atoms with E-state index in [0.29, 0.717) is 18.0 Å². The Morgan fingerprint density at radius 1 is 1.19 bits per heavy atom. The van der Waals surface area contributed by atoms with Crippen LogP contribution in [0.2, 0.25) is 0 Å². The van der Waals surface area contributed by atoms with Crippen molar-refractivity contribution in [2.24, 2.45) is 0 Å². The van der Waals surface area contributed by atoms with Crippen molar-refractivity contribution in [3.05, 3.63) is 0 Å². The second-order valence-corrected chi connectivity index (χ2v) is 5.34. The van der Waals surface area contributed by atoms with Gasteiger partial charge in [0.05, 0.1) is 6.10 Å². The molecule has 3 rings (SSSR count). The standard InChI is InChI=1S/C12H20N2O2/c15-11-3-1-2-10(11)13-6-7-14-9(8-13)4-5-12(14)16/h9-11,15H,1-8H2/t9?,10-,11-/m1/s1. The second-order valence-electron chi connectivity index (χ2n) is 5.34. The average Bonchev–Trinajstić information content (AvgIpc) is 2.86. The molecule has 0 bridgehead atoms. The maximum absolute atomic E-state index is 11.6. The fourth-order valence-corrected chi connectivity index (χ4v) is 3.54. The van der Waals surface area contributed by atoms with Gasteiger partial charge in [-0.15, -0.1) is 0 Å². The molecule has 1 aliphatic carbocycles. The van der Waals surface area contributed by atoms with Crippen LogP contribution in [0.25, 0.3) is 0 Å². The van der Waals surface area contributed by atoms with Crippen molar-refractivity contribution >= 4 is 5.91 Å². The molecule has 1 amide bonds. The minimum Gasteiger partial charge on any atom is -0.391 e. The number of piperazine rings is 1. The Kier molecular flexibility index (Phi) is 2.64. The Labute approximate surface area is 96.2 Å². The summed E-state index contributed by atoms with van der Waals surface area (Å²) < 4.78 is 0. The van der Waals surface area contributed by atoms with Crippen LogP contribution in [0.3, 0.4) is 0 Å². The van der Waals surface area contributed by atoms with Crippen molar-refractivity contribution < 1.29 is 9.90 Å². The summed E-state index contributed by atoms with van der Waals surface area (Å²) in [5, 5.41) is 9.91. The van der Waals surface area contributed by atoms with Crippen LogP contribution in [0, 0.1) is 0 Å². The van der Waals surface area contributed by atoms with E-state index in [1.54, 1.807) is 0 Å². The largest absolute Gasteiger partial charge is 0.391 e. The minimum atomic E-state index is -0.136. The first-order valence-electron chi connectivity index (χ1n) is 6.47. The SMILES string of the molecule is O=C1CCC2CN([C@@H]3CCC[C@H]3O)CCN12. The van der Waals surface area contributed by atoms with E-state index in [1.165, 1.54) is 0 Å². The number of nitrogens with zero attached hydrogens (tertiary/aromatic N) is 2. The first-order chi connectivity index (χ1) is 7.75. The molecule has 0 aromatic rings. The second kappa shape index (κ2) is 4.00. The van der Waals surface area contributed by atoms with E-state index in [4.69, 9.17) is 0 Å². The fraction of sp³-hybridized carbons (Fsp3) is 0.917. The van der Waals surface area contributed by atoms with Crippen molar-refractivity contribution in [2.75, 3.05) is 19.6 Å². The lowest BCUT2D eigenvalue weighted by molar-refractivity contribution is -0.131. The van der Waals surface area contributed by atoms with E-state index in [2.05, 4.69) is 4.90 Å². The Morgan fingerprint density at radius 2 is 2.06 bits per heavy atom. The van der Waals surface area contributed by atoms with Crippen LogP contribution in [-0.4, -0.2) is 58.6 Å². The van der Waals surface area contributed by atoms with Gasteiger partial charge in [-0.2, -0.15) is 0 Å². The maximum Gasteiger partial charge on any atom is 0.222 e. The van der Waals surface area contributed by atoms with Gasteiger partial charge in [-0.05, 0) is 25.7 Å². The van der Waals surface area contributed by atoms with Gasteiger partial charge in [0.2, 0.25) is 5.91 Å². The van der Waals surface area contributed by atoms with Gasteiger partial charge in [-0.3, -0.25) is 9.69 Å². The van der Waals surface area contributed by atoms with E-state index in [9.17, 15) is 9.90 Å². The highest BCUT2D eigenvalue weighted by atomic mass is 16.3. The molecule has 0 aromatic carbocycles. The van der Waals surface area contributed by atoms with Gasteiger partial charge in [-0.1, -0.05) is 0 Å². The van der Waals surface area contributed by atoms with Crippen LogP contribution in [-0.2, 0) is 4.79 Å². The molecule has 1 unspecified atom stereocenters. The number of aliphatic hydroxyl groups is 1. The molecular formula is C12H20N2O2. The summed E-state index contributed by atoms with van der Waals surface area (Å²) in [6.45, 7) is 2.80. The van der Waals surface area contributed by atoms with Crippen LogP contribution in [0.15, 0.2) is 0 Å². The highest BCUT2D eigenvalue weighted by molar-refractivity contribution is 5.78. The highest BCUT2D eigenvalue weighted by Gasteiger charge is 2.39. The summed E-state index contributed by atoms with van der Waals surface area (Å²) in [5.74, 6) is 0.330.